The Morgan fingerprint density at radius 2 is 1.88 bits per heavy atom. The van der Waals surface area contributed by atoms with Gasteiger partial charge >= 0.3 is 0 Å². The molecule has 1 atom stereocenters. The molecule has 0 bridgehead atoms. The lowest BCUT2D eigenvalue weighted by atomic mass is 10.0. The second-order valence-corrected chi connectivity index (χ2v) is 7.90. The second kappa shape index (κ2) is 8.21. The van der Waals surface area contributed by atoms with E-state index < -0.39 is 16.1 Å². The van der Waals surface area contributed by atoms with Crippen LogP contribution in [0.1, 0.15) is 13.8 Å². The summed E-state index contributed by atoms with van der Waals surface area (Å²) in [6, 6.07) is 7.04. The van der Waals surface area contributed by atoms with Gasteiger partial charge in [-0.15, -0.1) is 0 Å². The SMILES string of the molecule is CC(C)C(Nc1ncnc2ccccc12)C(=O)NCCNS(C)(=O)=O. The Hall–Kier alpha value is -2.26. The van der Waals surface area contributed by atoms with Crippen molar-refractivity contribution >= 4 is 32.7 Å². The normalized spacial score (nSPS) is 13.0. The van der Waals surface area contributed by atoms with E-state index in [0.29, 0.717) is 5.82 Å². The van der Waals surface area contributed by atoms with Crippen molar-refractivity contribution in [1.82, 2.24) is 20.0 Å². The van der Waals surface area contributed by atoms with Crippen molar-refractivity contribution in [3.8, 4) is 0 Å². The average Bonchev–Trinajstić information content (AvgIpc) is 2.55. The number of hydrogen-bond acceptors (Lipinski definition) is 6. The molecule has 2 rings (SSSR count). The van der Waals surface area contributed by atoms with Crippen LogP contribution in [-0.2, 0) is 14.8 Å². The molecule has 0 saturated carbocycles. The molecule has 0 aliphatic rings. The lowest BCUT2D eigenvalue weighted by molar-refractivity contribution is -0.122. The zero-order chi connectivity index (χ0) is 18.4. The van der Waals surface area contributed by atoms with Crippen molar-refractivity contribution < 1.29 is 13.2 Å². The minimum absolute atomic E-state index is 0.0107. The van der Waals surface area contributed by atoms with Gasteiger partial charge in [-0.1, -0.05) is 26.0 Å². The van der Waals surface area contributed by atoms with Crippen LogP contribution in [0.3, 0.4) is 0 Å². The molecule has 0 aliphatic carbocycles. The van der Waals surface area contributed by atoms with E-state index in [1.54, 1.807) is 0 Å². The van der Waals surface area contributed by atoms with Gasteiger partial charge in [0.2, 0.25) is 15.9 Å². The van der Waals surface area contributed by atoms with E-state index in [2.05, 4.69) is 25.3 Å². The van der Waals surface area contributed by atoms with Crippen molar-refractivity contribution in [1.29, 1.82) is 0 Å². The molecule has 0 radical (unpaired) electrons. The highest BCUT2D eigenvalue weighted by Crippen LogP contribution is 2.20. The third kappa shape index (κ3) is 5.64. The maximum atomic E-state index is 12.5. The smallest absolute Gasteiger partial charge is 0.242 e. The largest absolute Gasteiger partial charge is 0.358 e. The number of hydrogen-bond donors (Lipinski definition) is 3. The number of para-hydroxylation sites is 1. The first-order valence-corrected chi connectivity index (χ1v) is 9.85. The minimum Gasteiger partial charge on any atom is -0.358 e. The zero-order valence-corrected chi connectivity index (χ0v) is 15.3. The van der Waals surface area contributed by atoms with Crippen LogP contribution in [0.4, 0.5) is 5.82 Å². The second-order valence-electron chi connectivity index (χ2n) is 6.06. The Balaban J connectivity index is 2.06. The number of sulfonamides is 1. The van der Waals surface area contributed by atoms with Crippen LogP contribution < -0.4 is 15.4 Å². The summed E-state index contributed by atoms with van der Waals surface area (Å²) in [5.74, 6) is 0.387. The number of carbonyl (C=O) groups is 1. The lowest BCUT2D eigenvalue weighted by Crippen LogP contribution is -2.45. The summed E-state index contributed by atoms with van der Waals surface area (Å²) < 4.78 is 24.4. The van der Waals surface area contributed by atoms with Gasteiger partial charge in [0, 0.05) is 18.5 Å². The van der Waals surface area contributed by atoms with Gasteiger partial charge in [0.15, 0.2) is 0 Å². The van der Waals surface area contributed by atoms with E-state index in [4.69, 9.17) is 0 Å². The van der Waals surface area contributed by atoms with Gasteiger partial charge < -0.3 is 10.6 Å². The van der Waals surface area contributed by atoms with Gasteiger partial charge in [-0.2, -0.15) is 0 Å². The Bertz CT molecular complexity index is 833. The molecule has 25 heavy (non-hydrogen) atoms. The van der Waals surface area contributed by atoms with E-state index in [9.17, 15) is 13.2 Å². The molecule has 1 aromatic heterocycles. The summed E-state index contributed by atoms with van der Waals surface area (Å²) >= 11 is 0. The monoisotopic (exact) mass is 365 g/mol. The average molecular weight is 365 g/mol. The molecule has 0 fully saturated rings. The number of nitrogens with zero attached hydrogens (tertiary/aromatic N) is 2. The molecule has 3 N–H and O–H groups in total. The number of amides is 1. The van der Waals surface area contributed by atoms with Gasteiger partial charge in [0.05, 0.1) is 11.8 Å². The standard InChI is InChI=1S/C16H23N5O3S/c1-11(2)14(16(22)17-8-9-20-25(3,23)24)21-15-12-6-4-5-7-13(12)18-10-19-15/h4-7,10-11,14,20H,8-9H2,1-3H3,(H,17,22)(H,18,19,21). The summed E-state index contributed by atoms with van der Waals surface area (Å²) in [5, 5.41) is 6.75. The number of rotatable bonds is 8. The van der Waals surface area contributed by atoms with Gasteiger partial charge in [-0.05, 0) is 18.1 Å². The van der Waals surface area contributed by atoms with Crippen molar-refractivity contribution in [2.75, 3.05) is 24.7 Å². The fraction of sp³-hybridized carbons (Fsp3) is 0.438. The topological polar surface area (TPSA) is 113 Å². The summed E-state index contributed by atoms with van der Waals surface area (Å²) in [6.45, 7) is 4.21. The fourth-order valence-electron chi connectivity index (χ4n) is 2.33. The quantitative estimate of drug-likeness (QED) is 0.595. The Labute approximate surface area is 147 Å². The van der Waals surface area contributed by atoms with Gasteiger partial charge in [-0.3, -0.25) is 4.79 Å². The molecule has 0 spiro atoms. The molecular formula is C16H23N5O3S. The molecule has 1 heterocycles. The van der Waals surface area contributed by atoms with Crippen molar-refractivity contribution in [3.05, 3.63) is 30.6 Å². The van der Waals surface area contributed by atoms with Gasteiger partial charge in [0.1, 0.15) is 18.2 Å². The molecule has 136 valence electrons. The maximum absolute atomic E-state index is 12.5. The van der Waals surface area contributed by atoms with Crippen LogP contribution in [0.5, 0.6) is 0 Å². The highest BCUT2D eigenvalue weighted by atomic mass is 32.2. The first-order valence-electron chi connectivity index (χ1n) is 7.96. The first-order chi connectivity index (χ1) is 11.8. The molecule has 1 aromatic carbocycles. The Morgan fingerprint density at radius 3 is 2.56 bits per heavy atom. The van der Waals surface area contributed by atoms with Crippen LogP contribution >= 0.6 is 0 Å². The number of fused-ring (bicyclic) bond motifs is 1. The van der Waals surface area contributed by atoms with E-state index in [0.717, 1.165) is 17.2 Å². The highest BCUT2D eigenvalue weighted by Gasteiger charge is 2.23. The molecular weight excluding hydrogens is 342 g/mol. The summed E-state index contributed by atoms with van der Waals surface area (Å²) in [5.41, 5.74) is 0.792. The van der Waals surface area contributed by atoms with Crippen LogP contribution in [-0.4, -0.2) is 49.7 Å². The van der Waals surface area contributed by atoms with E-state index in [1.165, 1.54) is 6.33 Å². The number of anilines is 1. The predicted octanol–water partition coefficient (Wildman–Crippen LogP) is 0.732. The van der Waals surface area contributed by atoms with Crippen molar-refractivity contribution in [3.63, 3.8) is 0 Å². The molecule has 1 amide bonds. The Morgan fingerprint density at radius 1 is 1.16 bits per heavy atom. The molecule has 1 unspecified atom stereocenters. The van der Waals surface area contributed by atoms with E-state index in [-0.39, 0.29) is 24.9 Å². The fourth-order valence-corrected chi connectivity index (χ4v) is 2.81. The highest BCUT2D eigenvalue weighted by molar-refractivity contribution is 7.88. The number of aromatic nitrogens is 2. The summed E-state index contributed by atoms with van der Waals surface area (Å²) in [4.78, 5) is 20.9. The minimum atomic E-state index is -3.27. The van der Waals surface area contributed by atoms with Crippen LogP contribution in [0.25, 0.3) is 10.9 Å². The summed E-state index contributed by atoms with van der Waals surface area (Å²) in [6.07, 6.45) is 2.53. The molecule has 8 nitrogen and oxygen atoms in total. The number of nitrogens with one attached hydrogen (secondary N) is 3. The van der Waals surface area contributed by atoms with Crippen molar-refractivity contribution in [2.24, 2.45) is 5.92 Å². The van der Waals surface area contributed by atoms with Crippen LogP contribution in [0.2, 0.25) is 0 Å². The van der Waals surface area contributed by atoms with Gasteiger partial charge in [-0.25, -0.2) is 23.1 Å². The van der Waals surface area contributed by atoms with E-state index >= 15 is 0 Å². The molecule has 9 heteroatoms. The molecule has 0 saturated heterocycles. The first kappa shape index (κ1) is 19.1. The third-order valence-electron chi connectivity index (χ3n) is 3.57. The third-order valence-corrected chi connectivity index (χ3v) is 4.30. The predicted molar refractivity (Wildman–Crippen MR) is 97.6 cm³/mol. The summed E-state index contributed by atoms with van der Waals surface area (Å²) in [7, 11) is -3.27. The maximum Gasteiger partial charge on any atom is 0.242 e. The van der Waals surface area contributed by atoms with Crippen LogP contribution in [0.15, 0.2) is 30.6 Å². The number of carbonyl (C=O) groups excluding carboxylic acids is 1. The molecule has 0 aliphatic heterocycles. The van der Waals surface area contributed by atoms with Crippen LogP contribution in [0, 0.1) is 5.92 Å². The Kier molecular flexibility index (Phi) is 6.27. The van der Waals surface area contributed by atoms with Gasteiger partial charge in [0.25, 0.3) is 0 Å². The lowest BCUT2D eigenvalue weighted by Gasteiger charge is -2.22. The zero-order valence-electron chi connectivity index (χ0n) is 14.5. The number of benzene rings is 1. The molecule has 2 aromatic rings. The van der Waals surface area contributed by atoms with Crippen molar-refractivity contribution in [2.45, 2.75) is 19.9 Å². The van der Waals surface area contributed by atoms with E-state index in [1.807, 2.05) is 38.1 Å².